The van der Waals surface area contributed by atoms with E-state index in [1.54, 1.807) is 42.5 Å². The summed E-state index contributed by atoms with van der Waals surface area (Å²) >= 11 is 13.2. The van der Waals surface area contributed by atoms with Crippen LogP contribution in [0.25, 0.3) is 0 Å². The van der Waals surface area contributed by atoms with Crippen LogP contribution in [-0.2, 0) is 32.6 Å². The number of ether oxygens (including phenoxy) is 2. The Bertz CT molecular complexity index is 1840. The largest absolute Gasteiger partial charge is 0.497 e. The van der Waals surface area contributed by atoms with Crippen LogP contribution in [0.2, 0.25) is 10.0 Å². The Morgan fingerprint density at radius 2 is 1.53 bits per heavy atom. The minimum Gasteiger partial charge on any atom is -0.497 e. The standard InChI is InChI=1S/C37H41Cl2N3O6S/c1-6-26(3)40-37(44)34(21-27-11-8-7-9-12-27)41(23-30-31(38)13-10-14-32(30)39)36(43)24-42(33-22-28(47-4)17-20-35(33)48-5)49(45,46)29-18-15-25(2)16-19-29/h7-20,22,26,34H,6,21,23-24H2,1-5H3,(H,40,44). The Morgan fingerprint density at radius 1 is 0.878 bits per heavy atom. The number of hydrogen-bond donors (Lipinski definition) is 1. The van der Waals surface area contributed by atoms with Crippen molar-refractivity contribution in [3.05, 3.63) is 118 Å². The SMILES string of the molecule is CCC(C)NC(=O)C(Cc1ccccc1)N(Cc1c(Cl)cccc1Cl)C(=O)CN(c1cc(OC)ccc1OC)S(=O)(=O)c1ccc(C)cc1. The number of carbonyl (C=O) groups excluding carboxylic acids is 2. The molecule has 0 spiro atoms. The van der Waals surface area contributed by atoms with Crippen molar-refractivity contribution in [3.63, 3.8) is 0 Å². The van der Waals surface area contributed by atoms with E-state index in [9.17, 15) is 18.0 Å². The summed E-state index contributed by atoms with van der Waals surface area (Å²) in [7, 11) is -1.52. The Kier molecular flexibility index (Phi) is 13.0. The third-order valence-corrected chi connectivity index (χ3v) is 10.7. The van der Waals surface area contributed by atoms with Crippen molar-refractivity contribution in [2.24, 2.45) is 0 Å². The Hall–Kier alpha value is -4.25. The quantitative estimate of drug-likeness (QED) is 0.141. The molecule has 0 radical (unpaired) electrons. The summed E-state index contributed by atoms with van der Waals surface area (Å²) in [6, 6.07) is 24.0. The molecule has 0 saturated heterocycles. The summed E-state index contributed by atoms with van der Waals surface area (Å²) < 4.78 is 40.9. The van der Waals surface area contributed by atoms with Gasteiger partial charge in [-0.05, 0) is 62.2 Å². The fourth-order valence-corrected chi connectivity index (χ4v) is 7.12. The first-order chi connectivity index (χ1) is 23.4. The van der Waals surface area contributed by atoms with Gasteiger partial charge in [-0.2, -0.15) is 0 Å². The minimum absolute atomic E-state index is 0.0354. The van der Waals surface area contributed by atoms with Gasteiger partial charge in [0.2, 0.25) is 11.8 Å². The first-order valence-electron chi connectivity index (χ1n) is 15.8. The van der Waals surface area contributed by atoms with E-state index in [0.717, 1.165) is 15.4 Å². The molecule has 4 aromatic rings. The summed E-state index contributed by atoms with van der Waals surface area (Å²) in [4.78, 5) is 30.2. The molecule has 0 aliphatic carbocycles. The van der Waals surface area contributed by atoms with Gasteiger partial charge < -0.3 is 19.7 Å². The maximum Gasteiger partial charge on any atom is 0.264 e. The molecule has 4 rings (SSSR count). The van der Waals surface area contributed by atoms with Gasteiger partial charge in [0, 0.05) is 40.7 Å². The number of aryl methyl sites for hydroxylation is 1. The van der Waals surface area contributed by atoms with E-state index < -0.39 is 34.4 Å². The normalized spacial score (nSPS) is 12.5. The zero-order chi connectivity index (χ0) is 35.7. The van der Waals surface area contributed by atoms with Gasteiger partial charge >= 0.3 is 0 Å². The summed E-state index contributed by atoms with van der Waals surface area (Å²) in [5.74, 6) is -0.527. The van der Waals surface area contributed by atoms with Crippen LogP contribution in [0.3, 0.4) is 0 Å². The molecule has 0 aliphatic rings. The molecule has 2 atom stereocenters. The smallest absolute Gasteiger partial charge is 0.264 e. The fourth-order valence-electron chi connectivity index (χ4n) is 5.19. The molecular formula is C37H41Cl2N3O6S. The molecule has 0 aliphatic heterocycles. The topological polar surface area (TPSA) is 105 Å². The number of rotatable bonds is 15. The lowest BCUT2D eigenvalue weighted by Gasteiger charge is -2.35. The van der Waals surface area contributed by atoms with Gasteiger partial charge in [0.15, 0.2) is 0 Å². The Morgan fingerprint density at radius 3 is 2.12 bits per heavy atom. The van der Waals surface area contributed by atoms with E-state index in [-0.39, 0.29) is 35.3 Å². The molecule has 0 bridgehead atoms. The highest BCUT2D eigenvalue weighted by Crippen LogP contribution is 2.36. The Labute approximate surface area is 298 Å². The number of hydrogen-bond acceptors (Lipinski definition) is 6. The molecule has 0 fully saturated rings. The number of nitrogens with one attached hydrogen (secondary N) is 1. The van der Waals surface area contributed by atoms with Crippen LogP contribution in [0.15, 0.2) is 95.9 Å². The summed E-state index contributed by atoms with van der Waals surface area (Å²) in [5.41, 5.74) is 2.16. The second-order valence-corrected chi connectivity index (χ2v) is 14.3. The summed E-state index contributed by atoms with van der Waals surface area (Å²) in [6.45, 7) is 4.80. The molecule has 0 saturated carbocycles. The lowest BCUT2D eigenvalue weighted by atomic mass is 10.0. The maximum atomic E-state index is 14.8. The van der Waals surface area contributed by atoms with Crippen molar-refractivity contribution in [3.8, 4) is 11.5 Å². The van der Waals surface area contributed by atoms with Crippen molar-refractivity contribution < 1.29 is 27.5 Å². The van der Waals surface area contributed by atoms with E-state index in [2.05, 4.69) is 5.32 Å². The van der Waals surface area contributed by atoms with E-state index in [1.807, 2.05) is 51.1 Å². The van der Waals surface area contributed by atoms with Gasteiger partial charge in [0.25, 0.3) is 10.0 Å². The van der Waals surface area contributed by atoms with Crippen LogP contribution in [0, 0.1) is 6.92 Å². The van der Waals surface area contributed by atoms with Crippen molar-refractivity contribution in [1.82, 2.24) is 10.2 Å². The second-order valence-electron chi connectivity index (χ2n) is 11.6. The van der Waals surface area contributed by atoms with Gasteiger partial charge in [-0.25, -0.2) is 8.42 Å². The van der Waals surface area contributed by atoms with E-state index in [1.165, 1.54) is 37.3 Å². The van der Waals surface area contributed by atoms with Crippen molar-refractivity contribution in [1.29, 1.82) is 0 Å². The van der Waals surface area contributed by atoms with Crippen LogP contribution < -0.4 is 19.1 Å². The fraction of sp³-hybridized carbons (Fsp3) is 0.297. The zero-order valence-corrected chi connectivity index (χ0v) is 30.5. The van der Waals surface area contributed by atoms with Crippen LogP contribution in [0.4, 0.5) is 5.69 Å². The maximum absolute atomic E-state index is 14.8. The van der Waals surface area contributed by atoms with Crippen LogP contribution in [-0.4, -0.2) is 58.0 Å². The molecule has 260 valence electrons. The number of nitrogens with zero attached hydrogens (tertiary/aromatic N) is 2. The summed E-state index contributed by atoms with van der Waals surface area (Å²) in [5, 5.41) is 3.60. The number of benzene rings is 4. The first-order valence-corrected chi connectivity index (χ1v) is 18.0. The van der Waals surface area contributed by atoms with E-state index in [0.29, 0.717) is 27.8 Å². The highest BCUT2D eigenvalue weighted by atomic mass is 35.5. The molecule has 2 unspecified atom stereocenters. The second kappa shape index (κ2) is 16.9. The van der Waals surface area contributed by atoms with Gasteiger partial charge in [0.05, 0.1) is 24.8 Å². The molecule has 12 heteroatoms. The molecule has 2 amide bonds. The highest BCUT2D eigenvalue weighted by molar-refractivity contribution is 7.92. The van der Waals surface area contributed by atoms with Crippen LogP contribution in [0.5, 0.6) is 11.5 Å². The average Bonchev–Trinajstić information content (AvgIpc) is 3.09. The number of amides is 2. The molecule has 1 N–H and O–H groups in total. The minimum atomic E-state index is -4.38. The molecule has 4 aromatic carbocycles. The van der Waals surface area contributed by atoms with Gasteiger partial charge in [-0.15, -0.1) is 0 Å². The van der Waals surface area contributed by atoms with Crippen molar-refractivity contribution in [2.45, 2.75) is 57.1 Å². The third-order valence-electron chi connectivity index (χ3n) is 8.20. The van der Waals surface area contributed by atoms with Crippen molar-refractivity contribution >= 4 is 50.7 Å². The molecular weight excluding hydrogens is 685 g/mol. The number of carbonyl (C=O) groups is 2. The van der Waals surface area contributed by atoms with E-state index in [4.69, 9.17) is 32.7 Å². The zero-order valence-electron chi connectivity index (χ0n) is 28.2. The number of halogens is 2. The summed E-state index contributed by atoms with van der Waals surface area (Å²) in [6.07, 6.45) is 0.802. The predicted octanol–water partition coefficient (Wildman–Crippen LogP) is 7.07. The van der Waals surface area contributed by atoms with Gasteiger partial charge in [-0.3, -0.25) is 13.9 Å². The first kappa shape index (κ1) is 37.6. The van der Waals surface area contributed by atoms with Crippen molar-refractivity contribution in [2.75, 3.05) is 25.1 Å². The molecule has 0 heterocycles. The lowest BCUT2D eigenvalue weighted by Crippen LogP contribution is -2.54. The Balaban J connectivity index is 1.90. The van der Waals surface area contributed by atoms with E-state index >= 15 is 0 Å². The molecule has 49 heavy (non-hydrogen) atoms. The monoisotopic (exact) mass is 725 g/mol. The number of sulfonamides is 1. The van der Waals surface area contributed by atoms with Crippen LogP contribution in [0.1, 0.15) is 37.0 Å². The average molecular weight is 727 g/mol. The molecule has 0 aromatic heterocycles. The third kappa shape index (κ3) is 9.26. The van der Waals surface area contributed by atoms with Gasteiger partial charge in [0.1, 0.15) is 24.1 Å². The molecule has 9 nitrogen and oxygen atoms in total. The number of anilines is 1. The lowest BCUT2D eigenvalue weighted by molar-refractivity contribution is -0.140. The van der Waals surface area contributed by atoms with Crippen LogP contribution >= 0.6 is 23.2 Å². The highest BCUT2D eigenvalue weighted by Gasteiger charge is 2.36. The predicted molar refractivity (Wildman–Crippen MR) is 194 cm³/mol. The number of methoxy groups -OCH3 is 2. The van der Waals surface area contributed by atoms with Gasteiger partial charge in [-0.1, -0.05) is 84.2 Å².